The summed E-state index contributed by atoms with van der Waals surface area (Å²) in [4.78, 5) is 27.8. The first-order valence-corrected chi connectivity index (χ1v) is 13.5. The van der Waals surface area contributed by atoms with Gasteiger partial charge in [0.2, 0.25) is 12.7 Å². The number of anilines is 1. The Labute approximate surface area is 227 Å². The van der Waals surface area contributed by atoms with Crippen LogP contribution in [-0.4, -0.2) is 46.8 Å². The third-order valence-corrected chi connectivity index (χ3v) is 7.51. The van der Waals surface area contributed by atoms with Crippen LogP contribution in [-0.2, 0) is 21.2 Å². The van der Waals surface area contributed by atoms with Crippen LogP contribution >= 0.6 is 0 Å². The summed E-state index contributed by atoms with van der Waals surface area (Å²) in [6.07, 6.45) is 1.72. The van der Waals surface area contributed by atoms with Crippen molar-refractivity contribution in [1.29, 1.82) is 0 Å². The van der Waals surface area contributed by atoms with Crippen LogP contribution in [0.4, 0.5) is 10.5 Å². The molecular weight excluding hydrogens is 522 g/mol. The van der Waals surface area contributed by atoms with Crippen molar-refractivity contribution < 1.29 is 32.2 Å². The van der Waals surface area contributed by atoms with Gasteiger partial charge in [-0.2, -0.15) is 0 Å². The molecule has 0 saturated carbocycles. The third kappa shape index (κ3) is 6.68. The summed E-state index contributed by atoms with van der Waals surface area (Å²) in [7, 11) is -2.61. The van der Waals surface area contributed by atoms with Crippen LogP contribution in [0.1, 0.15) is 11.1 Å². The van der Waals surface area contributed by atoms with Crippen molar-refractivity contribution in [3.63, 3.8) is 0 Å². The normalized spacial score (nSPS) is 12.8. The molecule has 2 N–H and O–H groups in total. The van der Waals surface area contributed by atoms with E-state index in [1.807, 2.05) is 4.72 Å². The summed E-state index contributed by atoms with van der Waals surface area (Å²) in [6.45, 7) is 5.68. The van der Waals surface area contributed by atoms with Gasteiger partial charge in [-0.05, 0) is 48.4 Å². The number of hydrogen-bond donors (Lipinski definition) is 2. The maximum Gasteiger partial charge on any atom is 0.329 e. The minimum absolute atomic E-state index is 0.0318. The second-order valence-electron chi connectivity index (χ2n) is 8.78. The molecule has 0 spiro atoms. The molecule has 3 aromatic carbocycles. The summed E-state index contributed by atoms with van der Waals surface area (Å²) in [6, 6.07) is 16.2. The predicted molar refractivity (Wildman–Crippen MR) is 146 cm³/mol. The summed E-state index contributed by atoms with van der Waals surface area (Å²) >= 11 is 0. The number of ether oxygens (including phenoxy) is 3. The predicted octanol–water partition coefficient (Wildman–Crippen LogP) is 3.55. The second kappa shape index (κ2) is 11.9. The van der Waals surface area contributed by atoms with E-state index >= 15 is 0 Å². The highest BCUT2D eigenvalue weighted by Gasteiger charge is 2.28. The number of urea groups is 1. The largest absolute Gasteiger partial charge is 0.490 e. The van der Waals surface area contributed by atoms with E-state index in [4.69, 9.17) is 14.2 Å². The zero-order valence-electron chi connectivity index (χ0n) is 21.5. The first kappa shape index (κ1) is 27.5. The minimum atomic E-state index is -4.17. The molecule has 0 saturated heterocycles. The van der Waals surface area contributed by atoms with E-state index in [1.165, 1.54) is 11.0 Å². The number of likely N-dealkylation sites (N-methyl/N-ethyl adjacent to an activating group) is 1. The second-order valence-corrected chi connectivity index (χ2v) is 10.4. The molecule has 1 aliphatic heterocycles. The molecule has 0 fully saturated rings. The van der Waals surface area contributed by atoms with E-state index in [2.05, 4.69) is 11.9 Å². The first-order chi connectivity index (χ1) is 18.7. The highest BCUT2D eigenvalue weighted by molar-refractivity contribution is 7.90. The monoisotopic (exact) mass is 551 g/mol. The summed E-state index contributed by atoms with van der Waals surface area (Å²) in [5, 5.41) is 2.54. The highest BCUT2D eigenvalue weighted by Crippen LogP contribution is 2.35. The van der Waals surface area contributed by atoms with E-state index < -0.39 is 28.0 Å². The fourth-order valence-corrected chi connectivity index (χ4v) is 5.15. The molecule has 39 heavy (non-hydrogen) atoms. The molecule has 0 aromatic heterocycles. The van der Waals surface area contributed by atoms with Crippen molar-refractivity contribution >= 4 is 27.6 Å². The quantitative estimate of drug-likeness (QED) is 0.370. The Kier molecular flexibility index (Phi) is 8.40. The van der Waals surface area contributed by atoms with Gasteiger partial charge in [-0.25, -0.2) is 17.9 Å². The molecule has 1 unspecified atom stereocenters. The number of hydrogen-bond acceptors (Lipinski definition) is 7. The molecule has 0 radical (unpaired) electrons. The zero-order chi connectivity index (χ0) is 28.0. The van der Waals surface area contributed by atoms with E-state index in [0.29, 0.717) is 35.1 Å². The minimum Gasteiger partial charge on any atom is -0.490 e. The Hall–Kier alpha value is -4.51. The lowest BCUT2D eigenvalue weighted by Crippen LogP contribution is -2.52. The van der Waals surface area contributed by atoms with Gasteiger partial charge in [0.15, 0.2) is 11.5 Å². The summed E-state index contributed by atoms with van der Waals surface area (Å²) in [5.41, 5.74) is 1.71. The third-order valence-electron chi connectivity index (χ3n) is 6.02. The fourth-order valence-electron chi connectivity index (χ4n) is 3.99. The molecule has 10 nitrogen and oxygen atoms in total. The van der Waals surface area contributed by atoms with Gasteiger partial charge in [-0.1, -0.05) is 43.0 Å². The number of fused-ring (bicyclic) bond motifs is 1. The van der Waals surface area contributed by atoms with Crippen molar-refractivity contribution in [2.24, 2.45) is 0 Å². The number of amides is 3. The zero-order valence-corrected chi connectivity index (χ0v) is 22.4. The van der Waals surface area contributed by atoms with Crippen LogP contribution in [0.15, 0.2) is 84.3 Å². The molecule has 3 amide bonds. The number of sulfonamides is 1. The fraction of sp³-hybridized carbons (Fsp3) is 0.214. The summed E-state index contributed by atoms with van der Waals surface area (Å²) < 4.78 is 44.0. The molecule has 1 atom stereocenters. The molecule has 4 rings (SSSR count). The van der Waals surface area contributed by atoms with Crippen molar-refractivity contribution in [3.8, 4) is 17.2 Å². The number of nitrogens with one attached hydrogen (secondary N) is 2. The Morgan fingerprint density at radius 2 is 1.79 bits per heavy atom. The van der Waals surface area contributed by atoms with Crippen molar-refractivity contribution in [2.45, 2.75) is 24.3 Å². The molecule has 1 aliphatic rings. The standard InChI is InChI=1S/C28H29N3O7S/c1-4-15-36-22-12-9-20(10-13-22)16-23(27(32)31(3)21-11-14-24-25(17-21)38-18-37-24)29-28(33)30-39(34,35)26-8-6-5-7-19(26)2/h4-14,17,23H,1,15-16,18H2,2-3H3,(H2,29,30,33). The van der Waals surface area contributed by atoms with Crippen LogP contribution < -0.4 is 29.1 Å². The van der Waals surface area contributed by atoms with Crippen LogP contribution in [0, 0.1) is 6.92 Å². The van der Waals surface area contributed by atoms with Crippen molar-refractivity contribution in [2.75, 3.05) is 25.3 Å². The Morgan fingerprint density at radius 1 is 1.08 bits per heavy atom. The van der Waals surface area contributed by atoms with E-state index in [9.17, 15) is 18.0 Å². The van der Waals surface area contributed by atoms with Crippen molar-refractivity contribution in [1.82, 2.24) is 10.0 Å². The average Bonchev–Trinajstić information content (AvgIpc) is 3.39. The Morgan fingerprint density at radius 3 is 2.51 bits per heavy atom. The van der Waals surface area contributed by atoms with Gasteiger partial charge in [0.05, 0.1) is 4.90 Å². The average molecular weight is 552 g/mol. The maximum atomic E-state index is 13.6. The van der Waals surface area contributed by atoms with Crippen LogP contribution in [0.25, 0.3) is 0 Å². The Bertz CT molecular complexity index is 1470. The topological polar surface area (TPSA) is 123 Å². The van der Waals surface area contributed by atoms with Gasteiger partial charge < -0.3 is 24.4 Å². The van der Waals surface area contributed by atoms with E-state index in [1.54, 1.807) is 80.7 Å². The smallest absolute Gasteiger partial charge is 0.329 e. The number of carbonyl (C=O) groups excluding carboxylic acids is 2. The van der Waals surface area contributed by atoms with Crippen LogP contribution in [0.2, 0.25) is 0 Å². The summed E-state index contributed by atoms with van der Waals surface area (Å²) in [5.74, 6) is 1.21. The molecule has 204 valence electrons. The van der Waals surface area contributed by atoms with Crippen molar-refractivity contribution in [3.05, 3.63) is 90.5 Å². The van der Waals surface area contributed by atoms with Gasteiger partial charge in [-0.15, -0.1) is 0 Å². The molecule has 0 bridgehead atoms. The maximum absolute atomic E-state index is 13.6. The van der Waals surface area contributed by atoms with Gasteiger partial charge in [0, 0.05) is 25.2 Å². The van der Waals surface area contributed by atoms with Crippen LogP contribution in [0.5, 0.6) is 17.2 Å². The molecule has 11 heteroatoms. The first-order valence-electron chi connectivity index (χ1n) is 12.1. The number of rotatable bonds is 10. The SMILES string of the molecule is C=CCOc1ccc(CC(NC(=O)NS(=O)(=O)c2ccccc2C)C(=O)N(C)c2ccc3c(c2)OCO3)cc1. The number of nitrogens with zero attached hydrogens (tertiary/aromatic N) is 1. The number of aryl methyl sites for hydroxylation is 1. The molecule has 1 heterocycles. The molecular formula is C28H29N3O7S. The van der Waals surface area contributed by atoms with E-state index in [-0.39, 0.29) is 18.1 Å². The van der Waals surface area contributed by atoms with Gasteiger partial charge in [0.1, 0.15) is 18.4 Å². The highest BCUT2D eigenvalue weighted by atomic mass is 32.2. The van der Waals surface area contributed by atoms with E-state index in [0.717, 1.165) is 5.56 Å². The molecule has 3 aromatic rings. The molecule has 0 aliphatic carbocycles. The van der Waals surface area contributed by atoms with Gasteiger partial charge in [-0.3, -0.25) is 4.79 Å². The van der Waals surface area contributed by atoms with Gasteiger partial charge >= 0.3 is 6.03 Å². The number of benzene rings is 3. The lowest BCUT2D eigenvalue weighted by Gasteiger charge is -2.25. The number of carbonyl (C=O) groups is 2. The lowest BCUT2D eigenvalue weighted by molar-refractivity contribution is -0.120. The lowest BCUT2D eigenvalue weighted by atomic mass is 10.0. The van der Waals surface area contributed by atoms with Crippen LogP contribution in [0.3, 0.4) is 0 Å². The Balaban J connectivity index is 1.55. The van der Waals surface area contributed by atoms with Gasteiger partial charge in [0.25, 0.3) is 10.0 Å².